The summed E-state index contributed by atoms with van der Waals surface area (Å²) >= 11 is 3.82. The summed E-state index contributed by atoms with van der Waals surface area (Å²) in [4.78, 5) is 46.6. The number of amides is 3. The molecule has 0 fully saturated rings. The second-order valence-corrected chi connectivity index (χ2v) is 5.71. The van der Waals surface area contributed by atoms with Gasteiger partial charge in [-0.2, -0.15) is 12.6 Å². The highest BCUT2D eigenvalue weighted by molar-refractivity contribution is 7.80. The Kier molecular flexibility index (Phi) is 10.8. The number of nitrogens with one attached hydrogen (secondary N) is 3. The zero-order chi connectivity index (χ0) is 20.4. The van der Waals surface area contributed by atoms with Gasteiger partial charge in [-0.25, -0.2) is 4.79 Å². The van der Waals surface area contributed by atoms with Gasteiger partial charge in [0.2, 0.25) is 17.7 Å². The highest BCUT2D eigenvalue weighted by Crippen LogP contribution is 1.96. The molecule has 0 saturated carbocycles. The van der Waals surface area contributed by atoms with E-state index >= 15 is 0 Å². The van der Waals surface area contributed by atoms with Gasteiger partial charge in [0.15, 0.2) is 6.04 Å². The van der Waals surface area contributed by atoms with E-state index in [-0.39, 0.29) is 5.75 Å². The second kappa shape index (κ2) is 11.6. The summed E-state index contributed by atoms with van der Waals surface area (Å²) in [6, 6.07) is -5.72. The third-order valence-electron chi connectivity index (χ3n) is 3.21. The van der Waals surface area contributed by atoms with Crippen LogP contribution in [0.2, 0.25) is 0 Å². The summed E-state index contributed by atoms with van der Waals surface area (Å²) in [6.07, 6.45) is -1.43. The average Bonchev–Trinajstić information content (AvgIpc) is 2.59. The molecule has 26 heavy (non-hydrogen) atoms. The summed E-state index contributed by atoms with van der Waals surface area (Å²) in [5, 5.41) is 42.8. The number of aliphatic carboxylic acids is 1. The normalized spacial score (nSPS) is 16.5. The molecule has 5 unspecified atom stereocenters. The Labute approximate surface area is 154 Å². The molecule has 0 saturated heterocycles. The van der Waals surface area contributed by atoms with Crippen molar-refractivity contribution in [3.63, 3.8) is 0 Å². The van der Waals surface area contributed by atoms with Gasteiger partial charge in [0.05, 0.1) is 25.4 Å². The number of carbonyl (C=O) groups is 4. The summed E-state index contributed by atoms with van der Waals surface area (Å²) in [5.41, 5.74) is 5.42. The SMILES string of the molecule is CC(O)C(NC(=O)C(CO)NC(=O)C(CO)NC(=O)C(N)CS)C(=O)O. The largest absolute Gasteiger partial charge is 0.480 e. The Hall–Kier alpha value is -1.93. The molecule has 3 amide bonds. The first kappa shape index (κ1) is 24.1. The van der Waals surface area contributed by atoms with Crippen LogP contribution in [-0.2, 0) is 19.2 Å². The minimum Gasteiger partial charge on any atom is -0.480 e. The van der Waals surface area contributed by atoms with Crippen molar-refractivity contribution in [2.75, 3.05) is 19.0 Å². The zero-order valence-corrected chi connectivity index (χ0v) is 14.8. The zero-order valence-electron chi connectivity index (χ0n) is 14.0. The van der Waals surface area contributed by atoms with Crippen molar-refractivity contribution >= 4 is 36.3 Å². The molecule has 0 aromatic carbocycles. The summed E-state index contributed by atoms with van der Waals surface area (Å²) in [7, 11) is 0. The Morgan fingerprint density at radius 2 is 1.38 bits per heavy atom. The molecule has 0 rings (SSSR count). The van der Waals surface area contributed by atoms with Crippen molar-refractivity contribution in [3.05, 3.63) is 0 Å². The fraction of sp³-hybridized carbons (Fsp3) is 0.692. The van der Waals surface area contributed by atoms with E-state index in [2.05, 4.69) is 23.3 Å². The molecular weight excluding hydrogens is 372 g/mol. The van der Waals surface area contributed by atoms with E-state index in [4.69, 9.17) is 10.8 Å². The number of hydrogen-bond acceptors (Lipinski definition) is 9. The topological polar surface area (TPSA) is 211 Å². The molecule has 12 nitrogen and oxygen atoms in total. The minimum atomic E-state index is -1.66. The molecule has 0 aliphatic carbocycles. The van der Waals surface area contributed by atoms with E-state index < -0.39 is 67.2 Å². The van der Waals surface area contributed by atoms with Gasteiger partial charge < -0.3 is 42.1 Å². The third kappa shape index (κ3) is 7.53. The van der Waals surface area contributed by atoms with Crippen LogP contribution in [0.5, 0.6) is 0 Å². The predicted molar refractivity (Wildman–Crippen MR) is 91.1 cm³/mol. The lowest BCUT2D eigenvalue weighted by atomic mass is 10.1. The number of hydrogen-bond donors (Lipinski definition) is 9. The maximum Gasteiger partial charge on any atom is 0.328 e. The van der Waals surface area contributed by atoms with Gasteiger partial charge >= 0.3 is 5.97 Å². The highest BCUT2D eigenvalue weighted by Gasteiger charge is 2.31. The smallest absolute Gasteiger partial charge is 0.328 e. The second-order valence-electron chi connectivity index (χ2n) is 5.34. The van der Waals surface area contributed by atoms with Crippen molar-refractivity contribution in [2.45, 2.75) is 37.2 Å². The first-order valence-electron chi connectivity index (χ1n) is 7.49. The van der Waals surface area contributed by atoms with E-state index in [0.717, 1.165) is 6.92 Å². The number of carboxylic acid groups (broad SMARTS) is 1. The molecule has 0 radical (unpaired) electrons. The first-order valence-corrected chi connectivity index (χ1v) is 8.12. The molecule has 5 atom stereocenters. The van der Waals surface area contributed by atoms with Crippen LogP contribution in [0.1, 0.15) is 6.92 Å². The molecule has 0 aromatic rings. The Balaban J connectivity index is 4.95. The summed E-state index contributed by atoms with van der Waals surface area (Å²) < 4.78 is 0. The molecule has 0 aromatic heterocycles. The quantitative estimate of drug-likeness (QED) is 0.153. The Morgan fingerprint density at radius 1 is 0.962 bits per heavy atom. The molecule has 150 valence electrons. The number of carbonyl (C=O) groups excluding carboxylic acids is 3. The standard InChI is InChI=1S/C13H24N4O8S/c1-5(20)9(13(24)25)17-12(23)8(3-19)16-11(22)7(2-18)15-10(21)6(14)4-26/h5-9,18-20,26H,2-4,14H2,1H3,(H,15,21)(H,16,22)(H,17,23)(H,24,25). The maximum absolute atomic E-state index is 12.0. The van der Waals surface area contributed by atoms with Crippen LogP contribution in [0.15, 0.2) is 0 Å². The van der Waals surface area contributed by atoms with Crippen molar-refractivity contribution in [1.29, 1.82) is 0 Å². The van der Waals surface area contributed by atoms with Crippen molar-refractivity contribution < 1.29 is 39.6 Å². The molecule has 9 N–H and O–H groups in total. The van der Waals surface area contributed by atoms with E-state index in [1.165, 1.54) is 0 Å². The first-order chi connectivity index (χ1) is 12.1. The molecule has 0 spiro atoms. The van der Waals surface area contributed by atoms with E-state index in [0.29, 0.717) is 0 Å². The van der Waals surface area contributed by atoms with Crippen LogP contribution in [-0.4, -0.2) is 93.4 Å². The van der Waals surface area contributed by atoms with Gasteiger partial charge in [-0.1, -0.05) is 0 Å². The summed E-state index contributed by atoms with van der Waals surface area (Å²) in [6.45, 7) is -0.582. The molecular formula is C13H24N4O8S. The van der Waals surface area contributed by atoms with Gasteiger partial charge in [0, 0.05) is 5.75 Å². The predicted octanol–water partition coefficient (Wildman–Crippen LogP) is -4.85. The van der Waals surface area contributed by atoms with Gasteiger partial charge in [0.1, 0.15) is 12.1 Å². The lowest BCUT2D eigenvalue weighted by molar-refractivity contribution is -0.145. The van der Waals surface area contributed by atoms with Gasteiger partial charge in [0.25, 0.3) is 0 Å². The average molecular weight is 396 g/mol. The molecule has 0 aliphatic rings. The number of aliphatic hydroxyl groups is 3. The lowest BCUT2D eigenvalue weighted by Gasteiger charge is -2.23. The molecule has 13 heteroatoms. The van der Waals surface area contributed by atoms with E-state index in [1.54, 1.807) is 0 Å². The van der Waals surface area contributed by atoms with E-state index in [1.807, 2.05) is 5.32 Å². The number of aliphatic hydroxyl groups excluding tert-OH is 3. The monoisotopic (exact) mass is 396 g/mol. The third-order valence-corrected chi connectivity index (χ3v) is 3.60. The van der Waals surface area contributed by atoms with Crippen molar-refractivity contribution in [1.82, 2.24) is 16.0 Å². The molecule has 0 heterocycles. The highest BCUT2D eigenvalue weighted by atomic mass is 32.1. The van der Waals surface area contributed by atoms with Crippen molar-refractivity contribution in [2.24, 2.45) is 5.73 Å². The Morgan fingerprint density at radius 3 is 1.73 bits per heavy atom. The van der Waals surface area contributed by atoms with Crippen molar-refractivity contribution in [3.8, 4) is 0 Å². The minimum absolute atomic E-state index is 0.0107. The van der Waals surface area contributed by atoms with E-state index in [9.17, 15) is 34.5 Å². The van der Waals surface area contributed by atoms with Crippen LogP contribution in [0.3, 0.4) is 0 Å². The fourth-order valence-electron chi connectivity index (χ4n) is 1.66. The van der Waals surface area contributed by atoms with Crippen LogP contribution < -0.4 is 21.7 Å². The Bertz CT molecular complexity index is 518. The summed E-state index contributed by atoms with van der Waals surface area (Å²) in [5.74, 6) is -4.38. The number of thiol groups is 1. The molecule has 0 aliphatic heterocycles. The van der Waals surface area contributed by atoms with Gasteiger partial charge in [-0.15, -0.1) is 0 Å². The van der Waals surface area contributed by atoms with Crippen LogP contribution in [0.4, 0.5) is 0 Å². The van der Waals surface area contributed by atoms with Crippen LogP contribution >= 0.6 is 12.6 Å². The van der Waals surface area contributed by atoms with Crippen LogP contribution in [0.25, 0.3) is 0 Å². The number of rotatable bonds is 11. The number of nitrogens with two attached hydrogens (primary N) is 1. The lowest BCUT2D eigenvalue weighted by Crippen LogP contribution is -2.60. The van der Waals surface area contributed by atoms with Gasteiger partial charge in [-0.05, 0) is 6.92 Å². The molecule has 0 bridgehead atoms. The fourth-order valence-corrected chi connectivity index (χ4v) is 1.83. The van der Waals surface area contributed by atoms with Gasteiger partial charge in [-0.3, -0.25) is 14.4 Å². The maximum atomic E-state index is 12.0. The number of carboxylic acids is 1. The van der Waals surface area contributed by atoms with Crippen LogP contribution in [0, 0.1) is 0 Å².